The maximum absolute atomic E-state index is 11.9. The van der Waals surface area contributed by atoms with Crippen molar-refractivity contribution in [3.8, 4) is 0 Å². The summed E-state index contributed by atoms with van der Waals surface area (Å²) in [5.74, 6) is -0.508. The Morgan fingerprint density at radius 3 is 1.66 bits per heavy atom. The van der Waals surface area contributed by atoms with Crippen LogP contribution in [0.5, 0.6) is 0 Å². The van der Waals surface area contributed by atoms with Crippen LogP contribution in [0.4, 0.5) is 0 Å². The predicted octanol–water partition coefficient (Wildman–Crippen LogP) is 4.46. The molecule has 0 aliphatic carbocycles. The molecule has 0 aromatic heterocycles. The number of carbonyl (C=O) groups excluding carboxylic acids is 1. The van der Waals surface area contributed by atoms with E-state index in [4.69, 9.17) is 18.9 Å². The second-order valence-corrected chi connectivity index (χ2v) is 7.92. The van der Waals surface area contributed by atoms with E-state index in [2.05, 4.69) is 0 Å². The molecule has 0 fully saturated rings. The highest BCUT2D eigenvalue weighted by Crippen LogP contribution is 2.19. The minimum atomic E-state index is -0.706. The van der Waals surface area contributed by atoms with Crippen molar-refractivity contribution in [1.82, 2.24) is 0 Å². The average Bonchev–Trinajstić information content (AvgIpc) is 2.92. The van der Waals surface area contributed by atoms with E-state index in [9.17, 15) is 9.90 Å². The summed E-state index contributed by atoms with van der Waals surface area (Å²) in [5, 5.41) is 10.3. The molecular weight excluding hydrogens is 444 g/mol. The fourth-order valence-electron chi connectivity index (χ4n) is 3.48. The van der Waals surface area contributed by atoms with E-state index in [0.29, 0.717) is 13.2 Å². The standard InChI is InChI=1S/C29H32O6/c1-32-28(31)18-17-26(33-20-23-11-5-2-6-12-23)29(35-22-25-15-9-4-10-16-25)27(19-30)34-21-24-13-7-3-8-14-24/h2-18,26-27,29-30H,19-22H2,1H3/b18-17+/t26-,27-,29+/m1/s1. The van der Waals surface area contributed by atoms with Crippen LogP contribution < -0.4 is 0 Å². The lowest BCUT2D eigenvalue weighted by Crippen LogP contribution is -2.44. The molecule has 0 heterocycles. The highest BCUT2D eigenvalue weighted by atomic mass is 16.6. The SMILES string of the molecule is COC(=O)/C=C/[C@@H](OCc1ccccc1)[C@H](OCc1ccccc1)[C@@H](CO)OCc1ccccc1. The summed E-state index contributed by atoms with van der Waals surface area (Å²) in [6.45, 7) is 0.583. The van der Waals surface area contributed by atoms with Gasteiger partial charge in [0.1, 0.15) is 18.3 Å². The number of carbonyl (C=O) groups is 1. The van der Waals surface area contributed by atoms with E-state index in [-0.39, 0.29) is 13.2 Å². The number of esters is 1. The van der Waals surface area contributed by atoms with Crippen LogP contribution in [0.3, 0.4) is 0 Å². The molecule has 3 aromatic carbocycles. The van der Waals surface area contributed by atoms with Gasteiger partial charge in [-0.15, -0.1) is 0 Å². The number of methoxy groups -OCH3 is 1. The first-order valence-corrected chi connectivity index (χ1v) is 11.5. The second-order valence-electron chi connectivity index (χ2n) is 7.92. The molecule has 3 rings (SSSR count). The maximum atomic E-state index is 11.9. The van der Waals surface area contributed by atoms with Gasteiger partial charge in [0.25, 0.3) is 0 Å². The molecule has 0 spiro atoms. The van der Waals surface area contributed by atoms with Gasteiger partial charge in [-0.05, 0) is 22.8 Å². The van der Waals surface area contributed by atoms with Crippen LogP contribution in [0.15, 0.2) is 103 Å². The number of benzene rings is 3. The fourth-order valence-corrected chi connectivity index (χ4v) is 3.48. The molecule has 0 aliphatic heterocycles. The van der Waals surface area contributed by atoms with Crippen molar-refractivity contribution in [2.24, 2.45) is 0 Å². The number of rotatable bonds is 14. The first-order chi connectivity index (χ1) is 17.2. The summed E-state index contributed by atoms with van der Waals surface area (Å²) in [6, 6.07) is 29.1. The van der Waals surface area contributed by atoms with E-state index < -0.39 is 24.3 Å². The lowest BCUT2D eigenvalue weighted by molar-refractivity contribution is -0.150. The highest BCUT2D eigenvalue weighted by Gasteiger charge is 2.31. The van der Waals surface area contributed by atoms with Crippen LogP contribution in [-0.4, -0.2) is 43.1 Å². The Bertz CT molecular complexity index is 1010. The van der Waals surface area contributed by atoms with Gasteiger partial charge < -0.3 is 24.1 Å². The minimum Gasteiger partial charge on any atom is -0.466 e. The van der Waals surface area contributed by atoms with Crippen molar-refractivity contribution < 1.29 is 28.8 Å². The Kier molecular flexibility index (Phi) is 11.2. The minimum absolute atomic E-state index is 0.286. The van der Waals surface area contributed by atoms with Gasteiger partial charge in [-0.25, -0.2) is 4.79 Å². The van der Waals surface area contributed by atoms with E-state index in [1.54, 1.807) is 6.08 Å². The largest absolute Gasteiger partial charge is 0.466 e. The van der Waals surface area contributed by atoms with Crippen molar-refractivity contribution in [3.63, 3.8) is 0 Å². The molecule has 6 nitrogen and oxygen atoms in total. The van der Waals surface area contributed by atoms with Gasteiger partial charge in [-0.2, -0.15) is 0 Å². The third kappa shape index (κ3) is 9.11. The van der Waals surface area contributed by atoms with Gasteiger partial charge in [0.15, 0.2) is 0 Å². The smallest absolute Gasteiger partial charge is 0.330 e. The van der Waals surface area contributed by atoms with Crippen LogP contribution >= 0.6 is 0 Å². The van der Waals surface area contributed by atoms with Gasteiger partial charge in [0.05, 0.1) is 33.5 Å². The van der Waals surface area contributed by atoms with Gasteiger partial charge >= 0.3 is 5.97 Å². The second kappa shape index (κ2) is 14.9. The highest BCUT2D eigenvalue weighted by molar-refractivity contribution is 5.81. The van der Waals surface area contributed by atoms with Crippen LogP contribution in [-0.2, 0) is 43.6 Å². The quantitative estimate of drug-likeness (QED) is 0.274. The Balaban J connectivity index is 1.82. The summed E-state index contributed by atoms with van der Waals surface area (Å²) >= 11 is 0. The third-order valence-corrected chi connectivity index (χ3v) is 5.37. The number of aliphatic hydroxyl groups excluding tert-OH is 1. The van der Waals surface area contributed by atoms with Gasteiger partial charge in [0.2, 0.25) is 0 Å². The molecule has 0 radical (unpaired) electrons. The summed E-state index contributed by atoms with van der Waals surface area (Å²) < 4.78 is 23.3. The average molecular weight is 477 g/mol. The molecule has 0 aliphatic rings. The lowest BCUT2D eigenvalue weighted by Gasteiger charge is -2.31. The Labute approximate surface area is 206 Å². The molecule has 0 saturated heterocycles. The molecule has 3 aromatic rings. The third-order valence-electron chi connectivity index (χ3n) is 5.37. The molecule has 184 valence electrons. The van der Waals surface area contributed by atoms with Crippen molar-refractivity contribution in [1.29, 1.82) is 0 Å². The molecular formula is C29H32O6. The molecule has 6 heteroatoms. The zero-order chi connectivity index (χ0) is 24.7. The number of ether oxygens (including phenoxy) is 4. The van der Waals surface area contributed by atoms with E-state index in [0.717, 1.165) is 16.7 Å². The number of aliphatic hydroxyl groups is 1. The number of hydrogen-bond acceptors (Lipinski definition) is 6. The molecule has 35 heavy (non-hydrogen) atoms. The van der Waals surface area contributed by atoms with Gasteiger partial charge in [-0.1, -0.05) is 91.0 Å². The van der Waals surface area contributed by atoms with Crippen molar-refractivity contribution in [3.05, 3.63) is 120 Å². The molecule has 0 bridgehead atoms. The monoisotopic (exact) mass is 476 g/mol. The Morgan fingerprint density at radius 1 is 0.743 bits per heavy atom. The first kappa shape index (κ1) is 26.3. The van der Waals surface area contributed by atoms with Crippen molar-refractivity contribution >= 4 is 5.97 Å². The number of hydrogen-bond donors (Lipinski definition) is 1. The zero-order valence-electron chi connectivity index (χ0n) is 19.9. The van der Waals surface area contributed by atoms with Gasteiger partial charge in [0, 0.05) is 6.08 Å². The summed E-state index contributed by atoms with van der Waals surface area (Å²) in [5.41, 5.74) is 2.91. The maximum Gasteiger partial charge on any atom is 0.330 e. The van der Waals surface area contributed by atoms with Crippen LogP contribution in [0.2, 0.25) is 0 Å². The molecule has 0 amide bonds. The molecule has 0 saturated carbocycles. The van der Waals surface area contributed by atoms with E-state index >= 15 is 0 Å². The lowest BCUT2D eigenvalue weighted by atomic mass is 10.1. The van der Waals surface area contributed by atoms with E-state index in [1.807, 2.05) is 91.0 Å². The van der Waals surface area contributed by atoms with Crippen LogP contribution in [0.1, 0.15) is 16.7 Å². The molecule has 3 atom stereocenters. The topological polar surface area (TPSA) is 74.2 Å². The van der Waals surface area contributed by atoms with Crippen molar-refractivity contribution in [2.75, 3.05) is 13.7 Å². The fraction of sp³-hybridized carbons (Fsp3) is 0.276. The Hall–Kier alpha value is -3.29. The molecule has 1 N–H and O–H groups in total. The summed E-state index contributed by atoms with van der Waals surface area (Å²) in [6.07, 6.45) is 0.806. The van der Waals surface area contributed by atoms with Crippen molar-refractivity contribution in [2.45, 2.75) is 38.1 Å². The Morgan fingerprint density at radius 2 is 1.20 bits per heavy atom. The summed E-state index contributed by atoms with van der Waals surface area (Å²) in [7, 11) is 1.31. The predicted molar refractivity (Wildman–Crippen MR) is 133 cm³/mol. The summed E-state index contributed by atoms with van der Waals surface area (Å²) in [4.78, 5) is 11.9. The van der Waals surface area contributed by atoms with Crippen LogP contribution in [0.25, 0.3) is 0 Å². The normalized spacial score (nSPS) is 13.9. The van der Waals surface area contributed by atoms with Crippen LogP contribution in [0, 0.1) is 0 Å². The van der Waals surface area contributed by atoms with E-state index in [1.165, 1.54) is 13.2 Å². The zero-order valence-corrected chi connectivity index (χ0v) is 19.9. The van der Waals surface area contributed by atoms with Gasteiger partial charge in [-0.3, -0.25) is 0 Å². The molecule has 0 unspecified atom stereocenters. The first-order valence-electron chi connectivity index (χ1n) is 11.5.